The van der Waals surface area contributed by atoms with E-state index in [1.165, 1.54) is 4.52 Å². The molecule has 2 heterocycles. The van der Waals surface area contributed by atoms with Crippen molar-refractivity contribution in [2.75, 3.05) is 13.1 Å². The number of ether oxygens (including phenoxy) is 1. The van der Waals surface area contributed by atoms with E-state index in [4.69, 9.17) is 16.3 Å². The molecule has 1 N–H and O–H groups in total. The molecule has 0 radical (unpaired) electrons. The van der Waals surface area contributed by atoms with E-state index in [-0.39, 0.29) is 17.5 Å². The van der Waals surface area contributed by atoms with E-state index in [2.05, 4.69) is 26.3 Å². The number of rotatable bonds is 10. The zero-order valence-electron chi connectivity index (χ0n) is 25.9. The monoisotopic (exact) mass is 683 g/mol. The lowest BCUT2D eigenvalue weighted by Crippen LogP contribution is -2.43. The summed E-state index contributed by atoms with van der Waals surface area (Å²) in [7, 11) is 0. The van der Waals surface area contributed by atoms with Gasteiger partial charge in [-0.2, -0.15) is 9.61 Å². The van der Waals surface area contributed by atoms with Crippen molar-refractivity contribution in [3.8, 4) is 0 Å². The third kappa shape index (κ3) is 7.90. The number of carbonyl (C=O) groups excluding carboxylic acids is 2. The summed E-state index contributed by atoms with van der Waals surface area (Å²) in [5, 5.41) is 7.80. The Morgan fingerprint density at radius 1 is 1.09 bits per heavy atom. The summed E-state index contributed by atoms with van der Waals surface area (Å²) < 4.78 is 9.20. The molecule has 0 aliphatic rings. The first-order valence-corrected chi connectivity index (χ1v) is 15.8. The molecule has 2 amide bonds. The Kier molecular flexibility index (Phi) is 10.6. The Hall–Kier alpha value is -3.63. The smallest absolute Gasteiger partial charge is 0.407 e. The molecule has 2 aromatic heterocycles. The number of amides is 2. The predicted octanol–water partition coefficient (Wildman–Crippen LogP) is 7.02. The van der Waals surface area contributed by atoms with Crippen molar-refractivity contribution in [1.82, 2.24) is 24.4 Å². The second kappa shape index (κ2) is 14.0. The number of carbonyl (C=O) groups is 2. The lowest BCUT2D eigenvalue weighted by Gasteiger charge is -2.36. The van der Waals surface area contributed by atoms with Gasteiger partial charge < -0.3 is 15.0 Å². The minimum Gasteiger partial charge on any atom is -0.444 e. The molecule has 0 aliphatic heterocycles. The number of alkyl carbamates (subject to hydrolysis) is 1. The highest BCUT2D eigenvalue weighted by Crippen LogP contribution is 2.33. The Morgan fingerprint density at radius 2 is 1.75 bits per heavy atom. The molecule has 0 saturated carbocycles. The van der Waals surface area contributed by atoms with E-state index < -0.39 is 17.7 Å². The highest BCUT2D eigenvalue weighted by molar-refractivity contribution is 9.10. The van der Waals surface area contributed by atoms with Crippen molar-refractivity contribution in [2.45, 2.75) is 66.2 Å². The third-order valence-electron chi connectivity index (χ3n) is 7.08. The van der Waals surface area contributed by atoms with Gasteiger partial charge in [0, 0.05) is 29.4 Å². The molecule has 0 saturated heterocycles. The van der Waals surface area contributed by atoms with Crippen LogP contribution in [-0.2, 0) is 11.3 Å². The van der Waals surface area contributed by atoms with Crippen molar-refractivity contribution in [3.63, 3.8) is 0 Å². The first kappa shape index (κ1) is 33.3. The van der Waals surface area contributed by atoms with Crippen LogP contribution in [0.4, 0.5) is 4.79 Å². The largest absolute Gasteiger partial charge is 0.444 e. The van der Waals surface area contributed by atoms with Crippen LogP contribution >= 0.6 is 27.5 Å². The normalized spacial score (nSPS) is 12.4. The van der Waals surface area contributed by atoms with Gasteiger partial charge in [0.25, 0.3) is 5.91 Å². The summed E-state index contributed by atoms with van der Waals surface area (Å²) >= 11 is 9.76. The Labute approximate surface area is 271 Å². The quantitative estimate of drug-likeness (QED) is 0.181. The van der Waals surface area contributed by atoms with E-state index in [0.29, 0.717) is 53.5 Å². The molecular weight excluding hydrogens is 646 g/mol. The fourth-order valence-electron chi connectivity index (χ4n) is 5.15. The maximum Gasteiger partial charge on any atom is 0.407 e. The van der Waals surface area contributed by atoms with Gasteiger partial charge in [0.05, 0.1) is 28.3 Å². The summed E-state index contributed by atoms with van der Waals surface area (Å²) in [6.45, 7) is 12.2. The summed E-state index contributed by atoms with van der Waals surface area (Å²) in [6.07, 6.45) is -0.0563. The first-order chi connectivity index (χ1) is 20.8. The van der Waals surface area contributed by atoms with Crippen molar-refractivity contribution < 1.29 is 14.3 Å². The van der Waals surface area contributed by atoms with Crippen molar-refractivity contribution in [1.29, 1.82) is 0 Å². The molecule has 1 atom stereocenters. The molecule has 0 unspecified atom stereocenters. The summed E-state index contributed by atoms with van der Waals surface area (Å²) in [5.41, 5.74) is 2.50. The van der Waals surface area contributed by atoms with E-state index in [1.54, 1.807) is 54.5 Å². The van der Waals surface area contributed by atoms with Gasteiger partial charge >= 0.3 is 11.8 Å². The van der Waals surface area contributed by atoms with Gasteiger partial charge in [-0.3, -0.25) is 9.36 Å². The Morgan fingerprint density at radius 3 is 2.36 bits per heavy atom. The van der Waals surface area contributed by atoms with E-state index in [9.17, 15) is 14.4 Å². The number of nitrogens with zero attached hydrogens (tertiary/aromatic N) is 4. The highest BCUT2D eigenvalue weighted by Gasteiger charge is 2.32. The lowest BCUT2D eigenvalue weighted by molar-refractivity contribution is 0.0520. The van der Waals surface area contributed by atoms with Crippen LogP contribution < -0.4 is 11.0 Å². The number of nitrogens with one attached hydrogen (secondary N) is 1. The Balaban J connectivity index is 1.80. The molecule has 234 valence electrons. The minimum absolute atomic E-state index is 0.0864. The minimum atomic E-state index is -0.620. The number of benzene rings is 2. The van der Waals surface area contributed by atoms with Gasteiger partial charge in [0.1, 0.15) is 5.60 Å². The summed E-state index contributed by atoms with van der Waals surface area (Å²) in [4.78, 5) is 42.4. The molecule has 2 aromatic carbocycles. The fraction of sp³-hybridized carbons (Fsp3) is 0.394. The average molecular weight is 685 g/mol. The maximum atomic E-state index is 14.2. The SMILES string of the molecule is Cc1nn2c(=O)n(Cc3ccccc3)c([C@@H](C(C)C)N(CCCNC(=O)OC(C)(C)C)C(=O)c3ccc(Cl)cc3)cc2c1Br. The van der Waals surface area contributed by atoms with Crippen molar-refractivity contribution in [2.24, 2.45) is 5.92 Å². The third-order valence-corrected chi connectivity index (χ3v) is 8.31. The number of aryl methyl sites for hydroxylation is 1. The van der Waals surface area contributed by atoms with E-state index in [0.717, 1.165) is 10.0 Å². The van der Waals surface area contributed by atoms with Gasteiger partial charge in [-0.05, 0) is 91.9 Å². The summed E-state index contributed by atoms with van der Waals surface area (Å²) in [6, 6.07) is 17.9. The number of halogens is 2. The second-order valence-electron chi connectivity index (χ2n) is 12.1. The topological polar surface area (TPSA) is 97.9 Å². The number of aromatic nitrogens is 3. The highest BCUT2D eigenvalue weighted by atomic mass is 79.9. The molecule has 11 heteroatoms. The zero-order valence-corrected chi connectivity index (χ0v) is 28.3. The van der Waals surface area contributed by atoms with Crippen molar-refractivity contribution >= 4 is 45.0 Å². The van der Waals surface area contributed by atoms with Crippen LogP contribution in [0.3, 0.4) is 0 Å². The van der Waals surface area contributed by atoms with E-state index >= 15 is 0 Å². The molecule has 4 aromatic rings. The number of hydrogen-bond acceptors (Lipinski definition) is 5. The van der Waals surface area contributed by atoms with Crippen LogP contribution in [0.25, 0.3) is 5.52 Å². The molecule has 0 spiro atoms. The number of fused-ring (bicyclic) bond motifs is 1. The van der Waals surface area contributed by atoms with E-state index in [1.807, 2.05) is 57.2 Å². The first-order valence-electron chi connectivity index (χ1n) is 14.6. The van der Waals surface area contributed by atoms with Gasteiger partial charge in [0.2, 0.25) is 0 Å². The molecule has 44 heavy (non-hydrogen) atoms. The van der Waals surface area contributed by atoms with Crippen LogP contribution in [0, 0.1) is 12.8 Å². The Bertz CT molecular complexity index is 1680. The predicted molar refractivity (Wildman–Crippen MR) is 176 cm³/mol. The zero-order chi connectivity index (χ0) is 32.2. The molecule has 0 aliphatic carbocycles. The number of hydrogen-bond donors (Lipinski definition) is 1. The summed E-state index contributed by atoms with van der Waals surface area (Å²) in [5.74, 6) is -0.295. The molecule has 0 fully saturated rings. The molecule has 0 bridgehead atoms. The standard InChI is InChI=1S/C33H39BrClN5O4/c1-21(2)29(27-19-26-28(34)22(3)37-40(26)32(43)39(27)20-23-11-8-7-9-12-23)38(30(41)24-13-15-25(35)16-14-24)18-10-17-36-31(42)44-33(4,5)6/h7-9,11-16,19,21,29H,10,17-18,20H2,1-6H3,(H,36,42)/t29-/m1/s1. The van der Waals surface area contributed by atoms with Crippen LogP contribution in [0.15, 0.2) is 69.9 Å². The van der Waals surface area contributed by atoms with Gasteiger partial charge in [-0.15, -0.1) is 0 Å². The van der Waals surface area contributed by atoms with Crippen LogP contribution in [0.5, 0.6) is 0 Å². The van der Waals surface area contributed by atoms with Gasteiger partial charge in [-0.25, -0.2) is 9.59 Å². The van der Waals surface area contributed by atoms with Crippen LogP contribution in [-0.4, -0.2) is 49.8 Å². The molecular formula is C33H39BrClN5O4. The lowest BCUT2D eigenvalue weighted by atomic mass is 9.96. The average Bonchev–Trinajstić information content (AvgIpc) is 3.24. The molecule has 4 rings (SSSR count). The van der Waals surface area contributed by atoms with Crippen molar-refractivity contribution in [3.05, 3.63) is 103 Å². The van der Waals surface area contributed by atoms with Crippen LogP contribution in [0.1, 0.15) is 74.4 Å². The fourth-order valence-corrected chi connectivity index (χ4v) is 5.64. The maximum absolute atomic E-state index is 14.2. The van der Waals surface area contributed by atoms with Gasteiger partial charge in [0.15, 0.2) is 0 Å². The second-order valence-corrected chi connectivity index (χ2v) is 13.3. The molecule has 9 nitrogen and oxygen atoms in total. The van der Waals surface area contributed by atoms with Crippen LogP contribution in [0.2, 0.25) is 5.02 Å². The van der Waals surface area contributed by atoms with Gasteiger partial charge in [-0.1, -0.05) is 55.8 Å².